The van der Waals surface area contributed by atoms with Crippen molar-refractivity contribution >= 4 is 21.7 Å². The van der Waals surface area contributed by atoms with Gasteiger partial charge in [-0.25, -0.2) is 4.98 Å². The predicted octanol–water partition coefficient (Wildman–Crippen LogP) is 3.54. The van der Waals surface area contributed by atoms with Crippen LogP contribution >= 0.6 is 15.9 Å². The molecule has 4 heteroatoms. The van der Waals surface area contributed by atoms with E-state index in [1.165, 1.54) is 0 Å². The zero-order valence-electron chi connectivity index (χ0n) is 12.0. The molecule has 18 heavy (non-hydrogen) atoms. The molecule has 0 aliphatic heterocycles. The Labute approximate surface area is 119 Å². The van der Waals surface area contributed by atoms with Crippen molar-refractivity contribution < 1.29 is 0 Å². The van der Waals surface area contributed by atoms with Crippen LogP contribution in [0.25, 0.3) is 0 Å². The lowest BCUT2D eigenvalue weighted by molar-refractivity contribution is 0.356. The molecule has 0 amide bonds. The first-order chi connectivity index (χ1) is 8.38. The third-order valence-corrected chi connectivity index (χ3v) is 3.55. The highest BCUT2D eigenvalue weighted by Gasteiger charge is 2.12. The zero-order chi connectivity index (χ0) is 13.7. The monoisotopic (exact) mass is 313 g/mol. The molecule has 0 saturated heterocycles. The normalized spacial score (nSPS) is 13.1. The number of hydrogen-bond acceptors (Lipinski definition) is 3. The van der Waals surface area contributed by atoms with Crippen LogP contribution in [0.4, 0.5) is 5.82 Å². The number of likely N-dealkylation sites (N-methyl/N-ethyl adjacent to an activating group) is 1. The molecular formula is C14H24BrN3. The first-order valence-electron chi connectivity index (χ1n) is 6.43. The Hall–Kier alpha value is -0.610. The zero-order valence-corrected chi connectivity index (χ0v) is 13.6. The molecule has 0 spiro atoms. The molecule has 1 atom stereocenters. The fourth-order valence-corrected chi connectivity index (χ4v) is 2.24. The lowest BCUT2D eigenvalue weighted by Crippen LogP contribution is -2.33. The fourth-order valence-electron chi connectivity index (χ4n) is 2.02. The first kappa shape index (κ1) is 15.4. The number of halogens is 1. The summed E-state index contributed by atoms with van der Waals surface area (Å²) in [6, 6.07) is 4.51. The second-order valence-electron chi connectivity index (χ2n) is 5.50. The molecule has 1 aromatic rings. The Morgan fingerprint density at radius 2 is 2.00 bits per heavy atom. The van der Waals surface area contributed by atoms with E-state index in [-0.39, 0.29) is 0 Å². The minimum atomic E-state index is 0.438. The third-order valence-electron chi connectivity index (χ3n) is 2.71. The van der Waals surface area contributed by atoms with Gasteiger partial charge in [0.05, 0.1) is 5.69 Å². The van der Waals surface area contributed by atoms with Crippen molar-refractivity contribution in [2.75, 3.05) is 26.0 Å². The van der Waals surface area contributed by atoms with Crippen LogP contribution < -0.4 is 5.32 Å². The molecule has 1 rings (SSSR count). The topological polar surface area (TPSA) is 28.2 Å². The SMILES string of the molecule is Cc1nc(NC(CC(C)C)CN(C)C)ccc1Br. The number of aromatic nitrogens is 1. The molecule has 1 heterocycles. The van der Waals surface area contributed by atoms with Crippen molar-refractivity contribution in [2.24, 2.45) is 5.92 Å². The second-order valence-corrected chi connectivity index (χ2v) is 6.35. The van der Waals surface area contributed by atoms with E-state index in [1.807, 2.05) is 19.1 Å². The Morgan fingerprint density at radius 1 is 1.33 bits per heavy atom. The molecular weight excluding hydrogens is 290 g/mol. The largest absolute Gasteiger partial charge is 0.366 e. The summed E-state index contributed by atoms with van der Waals surface area (Å²) in [5, 5.41) is 3.54. The van der Waals surface area contributed by atoms with E-state index < -0.39 is 0 Å². The maximum absolute atomic E-state index is 4.55. The standard InChI is InChI=1S/C14H24BrN3/c1-10(2)8-12(9-18(4)5)17-14-7-6-13(15)11(3)16-14/h6-7,10,12H,8-9H2,1-5H3,(H,16,17). The van der Waals surface area contributed by atoms with Gasteiger partial charge in [0.15, 0.2) is 0 Å². The van der Waals surface area contributed by atoms with Crippen molar-refractivity contribution in [3.8, 4) is 0 Å². The molecule has 0 aliphatic rings. The number of nitrogens with zero attached hydrogens (tertiary/aromatic N) is 2. The lowest BCUT2D eigenvalue weighted by Gasteiger charge is -2.24. The van der Waals surface area contributed by atoms with Gasteiger partial charge in [-0.3, -0.25) is 0 Å². The van der Waals surface area contributed by atoms with Crippen LogP contribution in [-0.2, 0) is 0 Å². The molecule has 0 fully saturated rings. The molecule has 0 radical (unpaired) electrons. The van der Waals surface area contributed by atoms with Crippen molar-refractivity contribution in [2.45, 2.75) is 33.2 Å². The van der Waals surface area contributed by atoms with E-state index >= 15 is 0 Å². The van der Waals surface area contributed by atoms with E-state index in [0.717, 1.165) is 29.0 Å². The second kappa shape index (κ2) is 7.10. The predicted molar refractivity (Wildman–Crippen MR) is 82.1 cm³/mol. The number of nitrogens with one attached hydrogen (secondary N) is 1. The van der Waals surface area contributed by atoms with Gasteiger partial charge in [-0.05, 0) is 61.4 Å². The average molecular weight is 314 g/mol. The molecule has 0 aromatic carbocycles. The van der Waals surface area contributed by atoms with E-state index in [9.17, 15) is 0 Å². The Bertz CT molecular complexity index is 367. The summed E-state index contributed by atoms with van der Waals surface area (Å²) in [6.45, 7) is 7.54. The van der Waals surface area contributed by atoms with Gasteiger partial charge in [0, 0.05) is 17.1 Å². The minimum absolute atomic E-state index is 0.438. The molecule has 102 valence electrons. The minimum Gasteiger partial charge on any atom is -0.366 e. The summed E-state index contributed by atoms with van der Waals surface area (Å²) in [7, 11) is 4.21. The highest BCUT2D eigenvalue weighted by Crippen LogP contribution is 2.18. The van der Waals surface area contributed by atoms with Gasteiger partial charge in [0.1, 0.15) is 5.82 Å². The number of rotatable bonds is 6. The summed E-state index contributed by atoms with van der Waals surface area (Å²) in [6.07, 6.45) is 1.15. The van der Waals surface area contributed by atoms with Gasteiger partial charge in [-0.1, -0.05) is 13.8 Å². The van der Waals surface area contributed by atoms with Gasteiger partial charge in [-0.2, -0.15) is 0 Å². The van der Waals surface area contributed by atoms with Crippen molar-refractivity contribution in [3.05, 3.63) is 22.3 Å². The quantitative estimate of drug-likeness (QED) is 0.870. The summed E-state index contributed by atoms with van der Waals surface area (Å²) < 4.78 is 1.06. The molecule has 3 nitrogen and oxygen atoms in total. The van der Waals surface area contributed by atoms with Crippen molar-refractivity contribution in [1.82, 2.24) is 9.88 Å². The van der Waals surface area contributed by atoms with Crippen LogP contribution in [0.15, 0.2) is 16.6 Å². The maximum atomic E-state index is 4.55. The van der Waals surface area contributed by atoms with Gasteiger partial charge in [0.2, 0.25) is 0 Å². The highest BCUT2D eigenvalue weighted by atomic mass is 79.9. The van der Waals surface area contributed by atoms with Crippen LogP contribution in [0.5, 0.6) is 0 Å². The summed E-state index contributed by atoms with van der Waals surface area (Å²) in [5.41, 5.74) is 1.02. The van der Waals surface area contributed by atoms with Crippen molar-refractivity contribution in [1.29, 1.82) is 0 Å². The number of pyridine rings is 1. The van der Waals surface area contributed by atoms with Gasteiger partial charge in [-0.15, -0.1) is 0 Å². The summed E-state index contributed by atoms with van der Waals surface area (Å²) >= 11 is 3.48. The lowest BCUT2D eigenvalue weighted by atomic mass is 10.0. The van der Waals surface area contributed by atoms with E-state index in [1.54, 1.807) is 0 Å². The van der Waals surface area contributed by atoms with Crippen molar-refractivity contribution in [3.63, 3.8) is 0 Å². The van der Waals surface area contributed by atoms with Crippen LogP contribution in [0.2, 0.25) is 0 Å². The maximum Gasteiger partial charge on any atom is 0.126 e. The molecule has 1 aromatic heterocycles. The number of anilines is 1. The van der Waals surface area contributed by atoms with E-state index in [2.05, 4.69) is 59.1 Å². The molecule has 0 aliphatic carbocycles. The van der Waals surface area contributed by atoms with Crippen LogP contribution in [-0.4, -0.2) is 36.6 Å². The Morgan fingerprint density at radius 3 is 2.50 bits per heavy atom. The van der Waals surface area contributed by atoms with Crippen LogP contribution in [0.3, 0.4) is 0 Å². The number of aryl methyl sites for hydroxylation is 1. The smallest absolute Gasteiger partial charge is 0.126 e. The first-order valence-corrected chi connectivity index (χ1v) is 7.22. The Balaban J connectivity index is 2.71. The summed E-state index contributed by atoms with van der Waals surface area (Å²) in [4.78, 5) is 6.76. The van der Waals surface area contributed by atoms with E-state index in [0.29, 0.717) is 12.0 Å². The summed E-state index contributed by atoms with van der Waals surface area (Å²) in [5.74, 6) is 1.64. The molecule has 0 bridgehead atoms. The average Bonchev–Trinajstić information content (AvgIpc) is 2.21. The molecule has 1 unspecified atom stereocenters. The van der Waals surface area contributed by atoms with Gasteiger partial charge >= 0.3 is 0 Å². The van der Waals surface area contributed by atoms with E-state index in [4.69, 9.17) is 0 Å². The highest BCUT2D eigenvalue weighted by molar-refractivity contribution is 9.10. The van der Waals surface area contributed by atoms with Gasteiger partial charge < -0.3 is 10.2 Å². The molecule has 1 N–H and O–H groups in total. The van der Waals surface area contributed by atoms with Crippen LogP contribution in [0.1, 0.15) is 26.0 Å². The third kappa shape index (κ3) is 5.36. The number of hydrogen-bond donors (Lipinski definition) is 1. The van der Waals surface area contributed by atoms with Gasteiger partial charge in [0.25, 0.3) is 0 Å². The molecule has 0 saturated carbocycles. The fraction of sp³-hybridized carbons (Fsp3) is 0.643. The Kier molecular flexibility index (Phi) is 6.09. The van der Waals surface area contributed by atoms with Crippen LogP contribution in [0, 0.1) is 12.8 Å².